The van der Waals surface area contributed by atoms with E-state index >= 15 is 0 Å². The zero-order valence-electron chi connectivity index (χ0n) is 20.9. The SMILES string of the molecule is COc1ccc(COC[C@H](C)[C@H]2OC2(C)[C@@H](C)[C@H](C=O)CO[Si](C)(C)C(C)(C)C)cc1. The van der Waals surface area contributed by atoms with E-state index in [-0.39, 0.29) is 34.5 Å². The van der Waals surface area contributed by atoms with Gasteiger partial charge in [-0.15, -0.1) is 0 Å². The number of epoxide rings is 1. The van der Waals surface area contributed by atoms with Crippen LogP contribution in [0.25, 0.3) is 0 Å². The largest absolute Gasteiger partial charge is 0.497 e. The first-order valence-corrected chi connectivity index (χ1v) is 14.2. The van der Waals surface area contributed by atoms with Gasteiger partial charge in [-0.25, -0.2) is 0 Å². The van der Waals surface area contributed by atoms with Crippen LogP contribution >= 0.6 is 0 Å². The van der Waals surface area contributed by atoms with Gasteiger partial charge >= 0.3 is 0 Å². The number of rotatable bonds is 12. The molecule has 0 aliphatic carbocycles. The molecule has 0 aromatic heterocycles. The molecule has 0 spiro atoms. The molecule has 0 amide bonds. The Kier molecular flexibility index (Phi) is 8.53. The maximum Gasteiger partial charge on any atom is 0.192 e. The van der Waals surface area contributed by atoms with Crippen LogP contribution in [0.2, 0.25) is 18.1 Å². The molecule has 1 aliphatic heterocycles. The van der Waals surface area contributed by atoms with Crippen LogP contribution in [-0.2, 0) is 25.3 Å². The van der Waals surface area contributed by atoms with Crippen LogP contribution in [0.5, 0.6) is 5.75 Å². The maximum absolute atomic E-state index is 11.9. The highest BCUT2D eigenvalue weighted by molar-refractivity contribution is 6.74. The van der Waals surface area contributed by atoms with E-state index < -0.39 is 8.32 Å². The summed E-state index contributed by atoms with van der Waals surface area (Å²) in [4.78, 5) is 11.9. The summed E-state index contributed by atoms with van der Waals surface area (Å²) in [5, 5.41) is 0.127. The number of hydrogen-bond acceptors (Lipinski definition) is 5. The number of benzene rings is 1. The summed E-state index contributed by atoms with van der Waals surface area (Å²) in [7, 11) is -0.229. The summed E-state index contributed by atoms with van der Waals surface area (Å²) in [6.45, 7) is 19.1. The van der Waals surface area contributed by atoms with Crippen molar-refractivity contribution < 1.29 is 23.4 Å². The molecule has 2 rings (SSSR count). The normalized spacial score (nSPS) is 24.4. The van der Waals surface area contributed by atoms with Gasteiger partial charge in [0.25, 0.3) is 0 Å². The van der Waals surface area contributed by atoms with Crippen molar-refractivity contribution in [3.8, 4) is 5.75 Å². The number of carbonyl (C=O) groups is 1. The minimum atomic E-state index is -1.89. The summed E-state index contributed by atoms with van der Waals surface area (Å²) in [5.74, 6) is 1.01. The summed E-state index contributed by atoms with van der Waals surface area (Å²) in [6.07, 6.45) is 1.14. The Morgan fingerprint density at radius 3 is 2.29 bits per heavy atom. The van der Waals surface area contributed by atoms with Crippen LogP contribution in [-0.4, -0.2) is 46.6 Å². The van der Waals surface area contributed by atoms with Crippen LogP contribution in [0, 0.1) is 17.8 Å². The Bertz CT molecular complexity index is 712. The molecule has 1 aromatic carbocycles. The fourth-order valence-corrected chi connectivity index (χ4v) is 4.75. The minimum absolute atomic E-state index is 0.0869. The maximum atomic E-state index is 11.9. The molecule has 0 saturated carbocycles. The molecule has 0 bridgehead atoms. The molecule has 1 saturated heterocycles. The van der Waals surface area contributed by atoms with Crippen molar-refractivity contribution in [2.24, 2.45) is 17.8 Å². The van der Waals surface area contributed by atoms with E-state index in [0.29, 0.717) is 19.8 Å². The van der Waals surface area contributed by atoms with Gasteiger partial charge in [-0.3, -0.25) is 0 Å². The van der Waals surface area contributed by atoms with Gasteiger partial charge < -0.3 is 23.4 Å². The van der Waals surface area contributed by atoms with Crippen molar-refractivity contribution in [1.82, 2.24) is 0 Å². The fraction of sp³-hybridized carbons (Fsp3) is 0.720. The van der Waals surface area contributed by atoms with Crippen LogP contribution < -0.4 is 4.74 Å². The lowest BCUT2D eigenvalue weighted by Gasteiger charge is -2.37. The molecule has 5 nitrogen and oxygen atoms in total. The van der Waals surface area contributed by atoms with Crippen LogP contribution in [0.3, 0.4) is 0 Å². The van der Waals surface area contributed by atoms with Crippen LogP contribution in [0.15, 0.2) is 24.3 Å². The smallest absolute Gasteiger partial charge is 0.192 e. The van der Waals surface area contributed by atoms with E-state index in [1.54, 1.807) is 7.11 Å². The van der Waals surface area contributed by atoms with Crippen molar-refractivity contribution in [1.29, 1.82) is 0 Å². The molecule has 1 unspecified atom stereocenters. The lowest BCUT2D eigenvalue weighted by molar-refractivity contribution is -0.114. The second kappa shape index (κ2) is 10.2. The Hall–Kier alpha value is -1.21. The molecule has 6 heteroatoms. The van der Waals surface area contributed by atoms with Gasteiger partial charge in [-0.05, 0) is 48.7 Å². The molecule has 1 aliphatic rings. The molecule has 0 radical (unpaired) electrons. The third kappa shape index (κ3) is 6.41. The first kappa shape index (κ1) is 26.0. The Morgan fingerprint density at radius 1 is 1.16 bits per heavy atom. The Morgan fingerprint density at radius 2 is 1.77 bits per heavy atom. The molecular formula is C25H42O5Si. The number of hydrogen-bond donors (Lipinski definition) is 0. The summed E-state index contributed by atoms with van der Waals surface area (Å²) >= 11 is 0. The van der Waals surface area contributed by atoms with Gasteiger partial charge in [-0.2, -0.15) is 0 Å². The van der Waals surface area contributed by atoms with Crippen LogP contribution in [0.1, 0.15) is 47.1 Å². The Balaban J connectivity index is 1.85. The average molecular weight is 451 g/mol. The molecule has 0 N–H and O–H groups in total. The molecule has 31 heavy (non-hydrogen) atoms. The minimum Gasteiger partial charge on any atom is -0.497 e. The van der Waals surface area contributed by atoms with Crippen molar-refractivity contribution in [3.05, 3.63) is 29.8 Å². The van der Waals surface area contributed by atoms with Gasteiger partial charge in [0.1, 0.15) is 12.0 Å². The zero-order chi connectivity index (χ0) is 23.4. The highest BCUT2D eigenvalue weighted by Crippen LogP contribution is 2.49. The monoisotopic (exact) mass is 450 g/mol. The average Bonchev–Trinajstić information content (AvgIpc) is 3.41. The molecule has 1 aromatic rings. The van der Waals surface area contributed by atoms with Crippen LogP contribution in [0.4, 0.5) is 0 Å². The molecule has 1 heterocycles. The third-order valence-electron chi connectivity index (χ3n) is 7.38. The van der Waals surface area contributed by atoms with Crippen molar-refractivity contribution >= 4 is 14.6 Å². The zero-order valence-corrected chi connectivity index (χ0v) is 21.9. The Labute approximate surface area is 189 Å². The molecule has 176 valence electrons. The second-order valence-corrected chi connectivity index (χ2v) is 15.5. The predicted molar refractivity (Wildman–Crippen MR) is 127 cm³/mol. The third-order valence-corrected chi connectivity index (χ3v) is 11.9. The summed E-state index contributed by atoms with van der Waals surface area (Å²) in [5.41, 5.74) is 0.801. The number of carbonyl (C=O) groups excluding carboxylic acids is 1. The molecular weight excluding hydrogens is 408 g/mol. The van der Waals surface area contributed by atoms with Gasteiger partial charge in [0.05, 0.1) is 32.0 Å². The van der Waals surface area contributed by atoms with Crippen molar-refractivity contribution in [2.75, 3.05) is 20.3 Å². The molecule has 1 fully saturated rings. The van der Waals surface area contributed by atoms with E-state index in [4.69, 9.17) is 18.6 Å². The van der Waals surface area contributed by atoms with Gasteiger partial charge in [0, 0.05) is 18.4 Å². The van der Waals surface area contributed by atoms with E-state index in [1.165, 1.54) is 0 Å². The molecule has 5 atom stereocenters. The van der Waals surface area contributed by atoms with E-state index in [2.05, 4.69) is 54.6 Å². The standard InChI is InChI=1S/C25H42O5Si/c1-18(15-28-16-20-10-12-22(27-7)13-11-20)23-25(6,30-23)19(2)21(14-26)17-29-31(8,9)24(3,4)5/h10-14,18-19,21,23H,15-17H2,1-9H3/t18-,19-,21+,23+,25?/m0/s1. The fourth-order valence-electron chi connectivity index (χ4n) is 3.71. The lowest BCUT2D eigenvalue weighted by Crippen LogP contribution is -2.43. The van der Waals surface area contributed by atoms with Gasteiger partial charge in [0.2, 0.25) is 0 Å². The van der Waals surface area contributed by atoms with E-state index in [9.17, 15) is 4.79 Å². The highest BCUT2D eigenvalue weighted by Gasteiger charge is 2.59. The van der Waals surface area contributed by atoms with Gasteiger partial charge in [0.15, 0.2) is 8.32 Å². The summed E-state index contributed by atoms with van der Waals surface area (Å²) < 4.78 is 23.6. The first-order chi connectivity index (χ1) is 14.4. The van der Waals surface area contributed by atoms with E-state index in [1.807, 2.05) is 24.3 Å². The summed E-state index contributed by atoms with van der Waals surface area (Å²) in [6, 6.07) is 7.91. The topological polar surface area (TPSA) is 57.3 Å². The van der Waals surface area contributed by atoms with Crippen molar-refractivity contribution in [2.45, 2.75) is 78.0 Å². The number of methoxy groups -OCH3 is 1. The van der Waals surface area contributed by atoms with Gasteiger partial charge in [-0.1, -0.05) is 46.8 Å². The quantitative estimate of drug-likeness (QED) is 0.240. The first-order valence-electron chi connectivity index (χ1n) is 11.3. The number of ether oxygens (including phenoxy) is 3. The van der Waals surface area contributed by atoms with E-state index in [0.717, 1.165) is 17.6 Å². The predicted octanol–water partition coefficient (Wildman–Crippen LogP) is 5.48. The number of aldehydes is 1. The lowest BCUT2D eigenvalue weighted by atomic mass is 9.80. The highest BCUT2D eigenvalue weighted by atomic mass is 28.4. The van der Waals surface area contributed by atoms with Crippen molar-refractivity contribution in [3.63, 3.8) is 0 Å². The second-order valence-electron chi connectivity index (χ2n) is 10.7.